The Morgan fingerprint density at radius 3 is 2.48 bits per heavy atom. The summed E-state index contributed by atoms with van der Waals surface area (Å²) in [6.07, 6.45) is 1.73. The van der Waals surface area contributed by atoms with Gasteiger partial charge in [-0.05, 0) is 50.2 Å². The molecular weight excluding hydrogens is 388 g/mol. The van der Waals surface area contributed by atoms with Crippen molar-refractivity contribution in [3.63, 3.8) is 0 Å². The lowest BCUT2D eigenvalue weighted by Gasteiger charge is -2.11. The summed E-state index contributed by atoms with van der Waals surface area (Å²) in [6, 6.07) is 9.07. The molecule has 0 aliphatic carbocycles. The summed E-state index contributed by atoms with van der Waals surface area (Å²) in [5, 5.41) is -0.421. The smallest absolute Gasteiger partial charge is 0.293 e. The maximum Gasteiger partial charge on any atom is 0.293 e. The number of rotatable bonds is 7. The van der Waals surface area contributed by atoms with E-state index in [0.717, 1.165) is 39.2 Å². The van der Waals surface area contributed by atoms with Crippen LogP contribution in [-0.2, 0) is 16.1 Å². The lowest BCUT2D eigenvalue weighted by atomic mass is 10.1. The third-order valence-electron chi connectivity index (χ3n) is 4.97. The van der Waals surface area contributed by atoms with Gasteiger partial charge in [-0.2, -0.15) is 0 Å². The van der Waals surface area contributed by atoms with E-state index >= 15 is 0 Å². The van der Waals surface area contributed by atoms with E-state index in [1.165, 1.54) is 0 Å². The zero-order chi connectivity index (χ0) is 21.1. The van der Waals surface area contributed by atoms with Crippen molar-refractivity contribution in [2.75, 3.05) is 20.3 Å². The summed E-state index contributed by atoms with van der Waals surface area (Å²) in [7, 11) is 1.66. The number of carbonyl (C=O) groups is 3. The number of hydrogen-bond acceptors (Lipinski definition) is 5. The Labute approximate surface area is 174 Å². The van der Waals surface area contributed by atoms with Crippen molar-refractivity contribution in [1.82, 2.24) is 9.47 Å². The number of amides is 2. The number of nitrogens with zero attached hydrogens (tertiary/aromatic N) is 2. The van der Waals surface area contributed by atoms with Crippen molar-refractivity contribution in [3.05, 3.63) is 63.3 Å². The van der Waals surface area contributed by atoms with Crippen LogP contribution in [0.15, 0.2) is 35.2 Å². The van der Waals surface area contributed by atoms with Crippen molar-refractivity contribution >= 4 is 34.8 Å². The largest absolute Gasteiger partial charge is 0.383 e. The Kier molecular flexibility index (Phi) is 6.39. The van der Waals surface area contributed by atoms with Gasteiger partial charge in [0, 0.05) is 30.6 Å². The molecule has 0 unspecified atom stereocenters. The topological polar surface area (TPSA) is 68.6 Å². The van der Waals surface area contributed by atoms with Crippen LogP contribution in [-0.4, -0.2) is 46.7 Å². The van der Waals surface area contributed by atoms with E-state index in [0.29, 0.717) is 23.6 Å². The maximum atomic E-state index is 12.8. The molecule has 0 atom stereocenters. The van der Waals surface area contributed by atoms with E-state index in [-0.39, 0.29) is 12.3 Å². The first-order valence-corrected chi connectivity index (χ1v) is 10.1. The molecule has 7 heteroatoms. The summed E-state index contributed by atoms with van der Waals surface area (Å²) in [6.45, 7) is 6.95. The molecule has 1 aliphatic heterocycles. The van der Waals surface area contributed by atoms with Gasteiger partial charge in [0.15, 0.2) is 5.78 Å². The van der Waals surface area contributed by atoms with Crippen LogP contribution in [0.3, 0.4) is 0 Å². The second-order valence-corrected chi connectivity index (χ2v) is 8.02. The fourth-order valence-electron chi connectivity index (χ4n) is 3.25. The van der Waals surface area contributed by atoms with Crippen molar-refractivity contribution < 1.29 is 19.1 Å². The van der Waals surface area contributed by atoms with Gasteiger partial charge in [0.25, 0.3) is 11.1 Å². The standard InChI is InChI=1S/C22H24N2O4S/c1-14-5-7-17(8-6-14)19(25)13-24-21(26)20(29-22(24)27)12-18-11-15(2)23(16(18)3)9-10-28-4/h5-8,11-12H,9-10,13H2,1-4H3/b20-12-. The molecule has 2 amide bonds. The Morgan fingerprint density at radius 1 is 1.14 bits per heavy atom. The highest BCUT2D eigenvalue weighted by Crippen LogP contribution is 2.33. The summed E-state index contributed by atoms with van der Waals surface area (Å²) in [4.78, 5) is 38.9. The molecule has 0 bridgehead atoms. The van der Waals surface area contributed by atoms with Gasteiger partial charge >= 0.3 is 0 Å². The molecule has 1 aromatic heterocycles. The molecule has 152 valence electrons. The highest BCUT2D eigenvalue weighted by Gasteiger charge is 2.36. The number of Topliss-reactive ketones (excluding diaryl/α,β-unsaturated/α-hetero) is 1. The molecule has 29 heavy (non-hydrogen) atoms. The van der Waals surface area contributed by atoms with Gasteiger partial charge in [-0.25, -0.2) is 0 Å². The molecule has 0 N–H and O–H groups in total. The molecule has 2 heterocycles. The molecule has 6 nitrogen and oxygen atoms in total. The number of hydrogen-bond donors (Lipinski definition) is 0. The van der Waals surface area contributed by atoms with Gasteiger partial charge < -0.3 is 9.30 Å². The van der Waals surface area contributed by atoms with Crippen LogP contribution in [0.5, 0.6) is 0 Å². The second kappa shape index (κ2) is 8.80. The number of benzene rings is 1. The van der Waals surface area contributed by atoms with Crippen LogP contribution in [0.1, 0.15) is 32.9 Å². The minimum atomic E-state index is -0.429. The second-order valence-electron chi connectivity index (χ2n) is 7.03. The highest BCUT2D eigenvalue weighted by molar-refractivity contribution is 8.18. The normalized spacial score (nSPS) is 15.6. The predicted molar refractivity (Wildman–Crippen MR) is 114 cm³/mol. The molecular formula is C22H24N2O4S. The van der Waals surface area contributed by atoms with Gasteiger partial charge in [0.2, 0.25) is 0 Å². The van der Waals surface area contributed by atoms with E-state index in [2.05, 4.69) is 4.57 Å². The Hall–Kier alpha value is -2.64. The van der Waals surface area contributed by atoms with Crippen LogP contribution in [0.25, 0.3) is 6.08 Å². The lowest BCUT2D eigenvalue weighted by Crippen LogP contribution is -2.33. The SMILES string of the molecule is COCCn1c(C)cc(/C=C2\SC(=O)N(CC(=O)c3ccc(C)cc3)C2=O)c1C. The van der Waals surface area contributed by atoms with Crippen LogP contribution in [0.2, 0.25) is 0 Å². The average Bonchev–Trinajstić information content (AvgIpc) is 3.10. The zero-order valence-electron chi connectivity index (χ0n) is 17.0. The van der Waals surface area contributed by atoms with Crippen molar-refractivity contribution in [3.8, 4) is 0 Å². The van der Waals surface area contributed by atoms with Gasteiger partial charge in [-0.15, -0.1) is 0 Å². The highest BCUT2D eigenvalue weighted by atomic mass is 32.2. The van der Waals surface area contributed by atoms with Gasteiger partial charge in [-0.1, -0.05) is 29.8 Å². The van der Waals surface area contributed by atoms with E-state index in [9.17, 15) is 14.4 Å². The Morgan fingerprint density at radius 2 is 1.83 bits per heavy atom. The first-order valence-electron chi connectivity index (χ1n) is 9.32. The number of imide groups is 1. The number of thioether (sulfide) groups is 1. The molecule has 2 aromatic rings. The van der Waals surface area contributed by atoms with E-state index < -0.39 is 11.1 Å². The third kappa shape index (κ3) is 4.52. The van der Waals surface area contributed by atoms with Crippen molar-refractivity contribution in [1.29, 1.82) is 0 Å². The third-order valence-corrected chi connectivity index (χ3v) is 5.87. The van der Waals surface area contributed by atoms with E-state index in [1.54, 1.807) is 25.3 Å². The van der Waals surface area contributed by atoms with Crippen LogP contribution in [0, 0.1) is 20.8 Å². The first-order chi connectivity index (χ1) is 13.8. The summed E-state index contributed by atoms with van der Waals surface area (Å²) < 4.78 is 7.26. The number of aromatic nitrogens is 1. The molecule has 3 rings (SSSR count). The first kappa shape index (κ1) is 21.1. The van der Waals surface area contributed by atoms with Gasteiger partial charge in [0.05, 0.1) is 18.1 Å². The van der Waals surface area contributed by atoms with E-state index in [1.807, 2.05) is 39.0 Å². The molecule has 1 aromatic carbocycles. The summed E-state index contributed by atoms with van der Waals surface area (Å²) in [5.41, 5.74) is 4.47. The van der Waals surface area contributed by atoms with E-state index in [4.69, 9.17) is 4.74 Å². The monoisotopic (exact) mass is 412 g/mol. The molecule has 0 spiro atoms. The fraction of sp³-hybridized carbons (Fsp3) is 0.318. The fourth-order valence-corrected chi connectivity index (χ4v) is 4.08. The molecule has 1 saturated heterocycles. The Bertz CT molecular complexity index is 989. The number of ether oxygens (including phenoxy) is 1. The van der Waals surface area contributed by atoms with Crippen LogP contribution >= 0.6 is 11.8 Å². The van der Waals surface area contributed by atoms with Crippen LogP contribution in [0.4, 0.5) is 4.79 Å². The number of aryl methyl sites for hydroxylation is 2. The average molecular weight is 413 g/mol. The minimum Gasteiger partial charge on any atom is -0.383 e. The lowest BCUT2D eigenvalue weighted by molar-refractivity contribution is -0.122. The molecule has 1 aliphatic rings. The number of carbonyl (C=O) groups excluding carboxylic acids is 3. The quantitative estimate of drug-likeness (QED) is 0.508. The zero-order valence-corrected chi connectivity index (χ0v) is 17.8. The number of ketones is 1. The summed E-state index contributed by atoms with van der Waals surface area (Å²) in [5.74, 6) is -0.687. The minimum absolute atomic E-state index is 0.252. The maximum absolute atomic E-state index is 12.8. The van der Waals surface area contributed by atoms with Gasteiger partial charge in [-0.3, -0.25) is 19.3 Å². The number of methoxy groups -OCH3 is 1. The van der Waals surface area contributed by atoms with Crippen molar-refractivity contribution in [2.45, 2.75) is 27.3 Å². The predicted octanol–water partition coefficient (Wildman–Crippen LogP) is 3.98. The van der Waals surface area contributed by atoms with Crippen molar-refractivity contribution in [2.24, 2.45) is 0 Å². The van der Waals surface area contributed by atoms with Gasteiger partial charge in [0.1, 0.15) is 0 Å². The Balaban J connectivity index is 1.78. The molecule has 1 fully saturated rings. The molecule has 0 saturated carbocycles. The van der Waals surface area contributed by atoms with Crippen LogP contribution < -0.4 is 0 Å². The summed E-state index contributed by atoms with van der Waals surface area (Å²) >= 11 is 0.870. The molecule has 0 radical (unpaired) electrons.